The molecule has 1 aliphatic heterocycles. The number of likely N-dealkylation sites (tertiary alicyclic amines) is 1. The molecule has 6 atom stereocenters. The fraction of sp³-hybridized carbons (Fsp3) is 0.771. The molecule has 1 saturated carbocycles. The number of benzene rings is 1. The standard InChI is InChI=1S/C48H82N6O8/c1-13-15-27-54(40(57)30-50-44(59)47(9,10)52-38(55)23-24-46(7,8)62-32-45(5,6)49)41(33(3)14-2)37(60-11)29-39(56)53-28-19-22-36(53)42(61-12)34(4)43(58)51-31-48(25-26-48)35-20-17-16-18-21-35/h16-18,20-21,33-34,36-37,41-42H,13-15,19,22-32,49H2,1-12H3,(H,50,59)(H,51,58)(H,52,55). The highest BCUT2D eigenvalue weighted by atomic mass is 16.5. The Morgan fingerprint density at radius 1 is 0.968 bits per heavy atom. The summed E-state index contributed by atoms with van der Waals surface area (Å²) in [6, 6.07) is 9.55. The maximum Gasteiger partial charge on any atom is 0.245 e. The van der Waals surface area contributed by atoms with E-state index in [0.717, 1.165) is 38.5 Å². The van der Waals surface area contributed by atoms with Crippen molar-refractivity contribution in [1.82, 2.24) is 25.8 Å². The molecule has 6 unspecified atom stereocenters. The lowest BCUT2D eigenvalue weighted by Gasteiger charge is -2.41. The predicted octanol–water partition coefficient (Wildman–Crippen LogP) is 5.25. The van der Waals surface area contributed by atoms with E-state index in [1.54, 1.807) is 33.0 Å². The molecule has 14 heteroatoms. The summed E-state index contributed by atoms with van der Waals surface area (Å²) in [5.74, 6) is -1.84. The van der Waals surface area contributed by atoms with Crippen LogP contribution in [0.25, 0.3) is 0 Å². The van der Waals surface area contributed by atoms with Crippen LogP contribution in [0, 0.1) is 11.8 Å². The quantitative estimate of drug-likeness (QED) is 0.0919. The third-order valence-corrected chi connectivity index (χ3v) is 12.9. The Bertz CT molecular complexity index is 1610. The summed E-state index contributed by atoms with van der Waals surface area (Å²) in [6.45, 7) is 20.3. The Kier molecular flexibility index (Phi) is 19.9. The molecule has 2 fully saturated rings. The number of unbranched alkanes of at least 4 members (excludes halogenated alkanes) is 1. The van der Waals surface area contributed by atoms with Gasteiger partial charge in [-0.2, -0.15) is 0 Å². The van der Waals surface area contributed by atoms with Gasteiger partial charge in [0.15, 0.2) is 0 Å². The molecule has 14 nitrogen and oxygen atoms in total. The molecule has 62 heavy (non-hydrogen) atoms. The second kappa shape index (κ2) is 23.4. The largest absolute Gasteiger partial charge is 0.379 e. The number of carbonyl (C=O) groups excluding carboxylic acids is 5. The first-order valence-corrected chi connectivity index (χ1v) is 23.0. The number of nitrogens with one attached hydrogen (secondary N) is 3. The summed E-state index contributed by atoms with van der Waals surface area (Å²) >= 11 is 0. The second-order valence-corrected chi connectivity index (χ2v) is 19.8. The third-order valence-electron chi connectivity index (χ3n) is 12.9. The van der Waals surface area contributed by atoms with Crippen LogP contribution in [-0.2, 0) is 43.6 Å². The van der Waals surface area contributed by atoms with E-state index in [1.165, 1.54) is 5.56 Å². The van der Waals surface area contributed by atoms with Gasteiger partial charge in [-0.15, -0.1) is 0 Å². The number of hydrogen-bond donors (Lipinski definition) is 4. The topological polar surface area (TPSA) is 182 Å². The van der Waals surface area contributed by atoms with Gasteiger partial charge in [-0.1, -0.05) is 70.9 Å². The van der Waals surface area contributed by atoms with Crippen LogP contribution in [0.4, 0.5) is 0 Å². The molecule has 1 aromatic carbocycles. The van der Waals surface area contributed by atoms with E-state index in [9.17, 15) is 24.0 Å². The molecule has 3 rings (SSSR count). The maximum absolute atomic E-state index is 14.4. The molecule has 0 radical (unpaired) electrons. The maximum atomic E-state index is 14.4. The average molecular weight is 871 g/mol. The summed E-state index contributed by atoms with van der Waals surface area (Å²) in [7, 11) is 3.18. The zero-order valence-corrected chi connectivity index (χ0v) is 40.2. The minimum Gasteiger partial charge on any atom is -0.379 e. The first kappa shape index (κ1) is 52.8. The molecule has 0 aromatic heterocycles. The Balaban J connectivity index is 1.68. The Hall–Kier alpha value is -3.59. The molecule has 5 N–H and O–H groups in total. The summed E-state index contributed by atoms with van der Waals surface area (Å²) < 4.78 is 18.1. The number of ether oxygens (including phenoxy) is 3. The fourth-order valence-corrected chi connectivity index (χ4v) is 8.55. The minimum absolute atomic E-state index is 0.0288. The Morgan fingerprint density at radius 2 is 1.63 bits per heavy atom. The number of nitrogens with zero attached hydrogens (tertiary/aromatic N) is 2. The van der Waals surface area contributed by atoms with Crippen LogP contribution in [0.5, 0.6) is 0 Å². The number of hydrogen-bond acceptors (Lipinski definition) is 9. The van der Waals surface area contributed by atoms with Crippen LogP contribution < -0.4 is 21.7 Å². The summed E-state index contributed by atoms with van der Waals surface area (Å²) in [6.07, 6.45) is 5.29. The monoisotopic (exact) mass is 871 g/mol. The molecular formula is C48H82N6O8. The minimum atomic E-state index is -1.29. The molecule has 1 saturated heterocycles. The highest BCUT2D eigenvalue weighted by Gasteiger charge is 2.46. The van der Waals surface area contributed by atoms with E-state index < -0.39 is 46.8 Å². The van der Waals surface area contributed by atoms with Crippen molar-refractivity contribution in [2.24, 2.45) is 17.6 Å². The van der Waals surface area contributed by atoms with Crippen molar-refractivity contribution in [2.45, 2.75) is 180 Å². The third kappa shape index (κ3) is 15.3. The smallest absolute Gasteiger partial charge is 0.245 e. The van der Waals surface area contributed by atoms with Gasteiger partial charge in [-0.25, -0.2) is 0 Å². The lowest BCUT2D eigenvalue weighted by molar-refractivity contribution is -0.147. The molecule has 5 amide bonds. The lowest BCUT2D eigenvalue weighted by Crippen LogP contribution is -2.58. The highest BCUT2D eigenvalue weighted by molar-refractivity contribution is 5.93. The summed E-state index contributed by atoms with van der Waals surface area (Å²) in [5, 5.41) is 8.79. The van der Waals surface area contributed by atoms with Crippen molar-refractivity contribution < 1.29 is 38.2 Å². The van der Waals surface area contributed by atoms with Crippen LogP contribution in [-0.4, -0.2) is 127 Å². The van der Waals surface area contributed by atoms with Crippen molar-refractivity contribution in [3.8, 4) is 0 Å². The molecule has 0 bridgehead atoms. The Morgan fingerprint density at radius 3 is 2.19 bits per heavy atom. The number of rotatable bonds is 27. The van der Waals surface area contributed by atoms with Crippen LogP contribution in [0.3, 0.4) is 0 Å². The molecular weight excluding hydrogens is 789 g/mol. The molecule has 0 spiro atoms. The number of amides is 5. The van der Waals surface area contributed by atoms with Crippen molar-refractivity contribution in [3.05, 3.63) is 35.9 Å². The molecule has 1 aliphatic carbocycles. The summed E-state index contributed by atoms with van der Waals surface area (Å²) in [5.41, 5.74) is 4.88. The zero-order valence-electron chi connectivity index (χ0n) is 40.2. The van der Waals surface area contributed by atoms with Gasteiger partial charge in [0.2, 0.25) is 29.5 Å². The SMILES string of the molecule is CCCCN(C(=O)CNC(=O)C(C)(C)NC(=O)CCC(C)(C)OCC(C)(C)N)C(C(C)CC)C(CC(=O)N1CCCC1C(OC)C(C)C(=O)NCC1(c2ccccc2)CC1)OC. The van der Waals surface area contributed by atoms with Gasteiger partial charge in [0.1, 0.15) is 5.54 Å². The number of carbonyl (C=O) groups is 5. The zero-order chi connectivity index (χ0) is 46.5. The first-order valence-electron chi connectivity index (χ1n) is 23.0. The van der Waals surface area contributed by atoms with E-state index >= 15 is 0 Å². The molecule has 1 heterocycles. The lowest BCUT2D eigenvalue weighted by atomic mass is 9.89. The average Bonchev–Trinajstić information content (AvgIpc) is 3.88. The van der Waals surface area contributed by atoms with E-state index in [2.05, 4.69) is 35.0 Å². The van der Waals surface area contributed by atoms with Crippen molar-refractivity contribution in [1.29, 1.82) is 0 Å². The highest BCUT2D eigenvalue weighted by Crippen LogP contribution is 2.47. The van der Waals surface area contributed by atoms with Crippen LogP contribution in [0.1, 0.15) is 139 Å². The molecule has 1 aromatic rings. The molecule has 2 aliphatic rings. The van der Waals surface area contributed by atoms with Crippen molar-refractivity contribution in [2.75, 3.05) is 47.0 Å². The Labute approximate surface area is 372 Å². The van der Waals surface area contributed by atoms with Gasteiger partial charge < -0.3 is 45.7 Å². The summed E-state index contributed by atoms with van der Waals surface area (Å²) in [4.78, 5) is 72.3. The van der Waals surface area contributed by atoms with E-state index in [-0.39, 0.29) is 60.4 Å². The van der Waals surface area contributed by atoms with E-state index in [0.29, 0.717) is 39.1 Å². The molecule has 352 valence electrons. The second-order valence-electron chi connectivity index (χ2n) is 19.8. The number of methoxy groups -OCH3 is 2. The van der Waals surface area contributed by atoms with Crippen LogP contribution in [0.15, 0.2) is 30.3 Å². The van der Waals surface area contributed by atoms with Gasteiger partial charge in [-0.3, -0.25) is 24.0 Å². The van der Waals surface area contributed by atoms with Crippen LogP contribution >= 0.6 is 0 Å². The predicted molar refractivity (Wildman–Crippen MR) is 243 cm³/mol. The van der Waals surface area contributed by atoms with Crippen molar-refractivity contribution >= 4 is 29.5 Å². The van der Waals surface area contributed by atoms with Crippen molar-refractivity contribution in [3.63, 3.8) is 0 Å². The van der Waals surface area contributed by atoms with Gasteiger partial charge in [-0.05, 0) is 91.5 Å². The van der Waals surface area contributed by atoms with E-state index in [4.69, 9.17) is 19.9 Å². The fourth-order valence-electron chi connectivity index (χ4n) is 8.55. The van der Waals surface area contributed by atoms with Gasteiger partial charge >= 0.3 is 0 Å². The first-order chi connectivity index (χ1) is 29.0. The van der Waals surface area contributed by atoms with Crippen LogP contribution in [0.2, 0.25) is 0 Å². The van der Waals surface area contributed by atoms with Gasteiger partial charge in [0, 0.05) is 51.2 Å². The van der Waals surface area contributed by atoms with Gasteiger partial charge in [0.05, 0.1) is 55.4 Å². The normalized spacial score (nSPS) is 18.9. The number of nitrogens with two attached hydrogens (primary N) is 1. The van der Waals surface area contributed by atoms with E-state index in [1.807, 2.05) is 71.6 Å². The van der Waals surface area contributed by atoms with Gasteiger partial charge in [0.25, 0.3) is 0 Å².